The average Bonchev–Trinajstić information content (AvgIpc) is 2.84. The van der Waals surface area contributed by atoms with Crippen LogP contribution >= 0.6 is 0 Å². The second kappa shape index (κ2) is 6.60. The molecule has 2 aromatic rings. The van der Waals surface area contributed by atoms with Gasteiger partial charge in [0.2, 0.25) is 5.91 Å². The fourth-order valence-corrected chi connectivity index (χ4v) is 3.68. The molecule has 1 aliphatic rings. The third-order valence-electron chi connectivity index (χ3n) is 5.02. The van der Waals surface area contributed by atoms with Gasteiger partial charge in [-0.05, 0) is 37.8 Å². The lowest BCUT2D eigenvalue weighted by Crippen LogP contribution is -2.43. The molecule has 0 spiro atoms. The quantitative estimate of drug-likeness (QED) is 0.870. The number of benzene rings is 1. The molecule has 0 radical (unpaired) electrons. The molecule has 0 saturated carbocycles. The van der Waals surface area contributed by atoms with Crippen molar-refractivity contribution in [2.75, 3.05) is 6.54 Å². The van der Waals surface area contributed by atoms with Crippen LogP contribution in [0.5, 0.6) is 0 Å². The van der Waals surface area contributed by atoms with Crippen LogP contribution in [0.25, 0.3) is 11.0 Å². The zero-order chi connectivity index (χ0) is 16.4. The van der Waals surface area contributed by atoms with E-state index in [1.165, 1.54) is 6.42 Å². The van der Waals surface area contributed by atoms with Crippen LogP contribution in [-0.2, 0) is 18.4 Å². The van der Waals surface area contributed by atoms with Crippen molar-refractivity contribution in [1.29, 1.82) is 0 Å². The molecule has 5 heteroatoms. The molecule has 1 atom stereocenters. The van der Waals surface area contributed by atoms with Gasteiger partial charge in [0.05, 0.1) is 11.0 Å². The maximum Gasteiger partial charge on any atom is 0.328 e. The van der Waals surface area contributed by atoms with Crippen molar-refractivity contribution in [3.63, 3.8) is 0 Å². The standard InChI is InChI=1S/C18H25N3O2/c1-3-14-8-6-7-12-20(14)17(22)11-13-21-16-10-5-4-9-15(16)19(2)18(21)23/h4-5,9-10,14H,3,6-8,11-13H2,1-2H3. The number of carbonyl (C=O) groups excluding carboxylic acids is 1. The van der Waals surface area contributed by atoms with Gasteiger partial charge < -0.3 is 4.90 Å². The normalized spacial score (nSPS) is 18.5. The first-order valence-electron chi connectivity index (χ1n) is 8.57. The second-order valence-electron chi connectivity index (χ2n) is 6.38. The molecule has 1 saturated heterocycles. The maximum atomic E-state index is 12.6. The summed E-state index contributed by atoms with van der Waals surface area (Å²) in [6.07, 6.45) is 4.82. The first kappa shape index (κ1) is 15.8. The Morgan fingerprint density at radius 1 is 1.22 bits per heavy atom. The highest BCUT2D eigenvalue weighted by molar-refractivity contribution is 5.78. The lowest BCUT2D eigenvalue weighted by molar-refractivity contribution is -0.135. The molecule has 1 unspecified atom stereocenters. The first-order valence-corrected chi connectivity index (χ1v) is 8.57. The van der Waals surface area contributed by atoms with Gasteiger partial charge in [-0.1, -0.05) is 19.1 Å². The monoisotopic (exact) mass is 315 g/mol. The zero-order valence-electron chi connectivity index (χ0n) is 14.0. The van der Waals surface area contributed by atoms with Gasteiger partial charge in [0, 0.05) is 32.6 Å². The van der Waals surface area contributed by atoms with E-state index in [9.17, 15) is 9.59 Å². The minimum Gasteiger partial charge on any atom is -0.340 e. The Morgan fingerprint density at radius 2 is 1.96 bits per heavy atom. The average molecular weight is 315 g/mol. The van der Waals surface area contributed by atoms with E-state index in [4.69, 9.17) is 0 Å². The first-order chi connectivity index (χ1) is 11.1. The van der Waals surface area contributed by atoms with Crippen molar-refractivity contribution in [2.24, 2.45) is 7.05 Å². The van der Waals surface area contributed by atoms with Gasteiger partial charge in [-0.15, -0.1) is 0 Å². The highest BCUT2D eigenvalue weighted by Gasteiger charge is 2.25. The second-order valence-corrected chi connectivity index (χ2v) is 6.38. The molecule has 23 heavy (non-hydrogen) atoms. The smallest absolute Gasteiger partial charge is 0.328 e. The molecule has 3 rings (SSSR count). The Balaban J connectivity index is 1.77. The number of rotatable bonds is 4. The Hall–Kier alpha value is -2.04. The lowest BCUT2D eigenvalue weighted by Gasteiger charge is -2.35. The summed E-state index contributed by atoms with van der Waals surface area (Å²) < 4.78 is 3.37. The van der Waals surface area contributed by atoms with Gasteiger partial charge in [0.25, 0.3) is 0 Å². The summed E-state index contributed by atoms with van der Waals surface area (Å²) >= 11 is 0. The van der Waals surface area contributed by atoms with Crippen LogP contribution in [-0.4, -0.2) is 32.5 Å². The molecule has 0 aliphatic carbocycles. The van der Waals surface area contributed by atoms with E-state index in [1.807, 2.05) is 29.2 Å². The third-order valence-corrected chi connectivity index (χ3v) is 5.02. The van der Waals surface area contributed by atoms with Crippen molar-refractivity contribution >= 4 is 16.9 Å². The number of piperidine rings is 1. The number of amides is 1. The van der Waals surface area contributed by atoms with Crippen molar-refractivity contribution < 1.29 is 4.79 Å². The Kier molecular flexibility index (Phi) is 4.55. The molecule has 0 bridgehead atoms. The van der Waals surface area contributed by atoms with Gasteiger partial charge in [0.15, 0.2) is 0 Å². The number of nitrogens with zero attached hydrogens (tertiary/aromatic N) is 3. The number of aryl methyl sites for hydroxylation is 2. The number of hydrogen-bond donors (Lipinski definition) is 0. The summed E-state index contributed by atoms with van der Waals surface area (Å²) in [5.74, 6) is 0.177. The molecule has 2 heterocycles. The Bertz CT molecular complexity index is 759. The summed E-state index contributed by atoms with van der Waals surface area (Å²) in [5, 5.41) is 0. The fraction of sp³-hybridized carbons (Fsp3) is 0.556. The molecule has 1 fully saturated rings. The minimum absolute atomic E-state index is 0.0512. The number of para-hydroxylation sites is 2. The maximum absolute atomic E-state index is 12.6. The molecule has 124 valence electrons. The highest BCUT2D eigenvalue weighted by Crippen LogP contribution is 2.20. The summed E-state index contributed by atoms with van der Waals surface area (Å²) in [4.78, 5) is 27.0. The van der Waals surface area contributed by atoms with Gasteiger partial charge >= 0.3 is 5.69 Å². The number of fused-ring (bicyclic) bond motifs is 1. The number of hydrogen-bond acceptors (Lipinski definition) is 2. The van der Waals surface area contributed by atoms with Crippen LogP contribution in [0.1, 0.15) is 39.0 Å². The van der Waals surface area contributed by atoms with E-state index in [1.54, 1.807) is 16.2 Å². The van der Waals surface area contributed by atoms with Crippen molar-refractivity contribution in [1.82, 2.24) is 14.0 Å². The SMILES string of the molecule is CCC1CCCCN1C(=O)CCn1c(=O)n(C)c2ccccc21. The molecule has 0 N–H and O–H groups in total. The Labute approximate surface area is 136 Å². The van der Waals surface area contributed by atoms with Gasteiger partial charge in [0.1, 0.15) is 0 Å². The minimum atomic E-state index is -0.0512. The van der Waals surface area contributed by atoms with E-state index in [0.717, 1.165) is 36.8 Å². The predicted molar refractivity (Wildman–Crippen MR) is 91.4 cm³/mol. The van der Waals surface area contributed by atoms with Gasteiger partial charge in [-0.2, -0.15) is 0 Å². The molecule has 5 nitrogen and oxygen atoms in total. The zero-order valence-corrected chi connectivity index (χ0v) is 14.0. The molecule has 1 aromatic carbocycles. The predicted octanol–water partition coefficient (Wildman–Crippen LogP) is 2.52. The lowest BCUT2D eigenvalue weighted by atomic mass is 9.99. The largest absolute Gasteiger partial charge is 0.340 e. The molecular formula is C18H25N3O2. The van der Waals surface area contributed by atoms with E-state index in [2.05, 4.69) is 6.92 Å². The number of likely N-dealkylation sites (tertiary alicyclic amines) is 1. The van der Waals surface area contributed by atoms with E-state index >= 15 is 0 Å². The Morgan fingerprint density at radius 3 is 2.70 bits per heavy atom. The van der Waals surface area contributed by atoms with Crippen LogP contribution in [0.3, 0.4) is 0 Å². The van der Waals surface area contributed by atoms with Gasteiger partial charge in [-0.25, -0.2) is 4.79 Å². The van der Waals surface area contributed by atoms with Crippen LogP contribution in [0, 0.1) is 0 Å². The molecule has 1 aromatic heterocycles. The van der Waals surface area contributed by atoms with Crippen molar-refractivity contribution in [3.05, 3.63) is 34.7 Å². The summed E-state index contributed by atoms with van der Waals surface area (Å²) in [6, 6.07) is 8.11. The van der Waals surface area contributed by atoms with Crippen LogP contribution in [0.4, 0.5) is 0 Å². The van der Waals surface area contributed by atoms with E-state index in [0.29, 0.717) is 19.0 Å². The molecular weight excluding hydrogens is 290 g/mol. The topological polar surface area (TPSA) is 47.2 Å². The van der Waals surface area contributed by atoms with Crippen molar-refractivity contribution in [3.8, 4) is 0 Å². The summed E-state index contributed by atoms with van der Waals surface area (Å²) in [6.45, 7) is 3.46. The fourth-order valence-electron chi connectivity index (χ4n) is 3.68. The molecule has 1 aliphatic heterocycles. The summed E-state index contributed by atoms with van der Waals surface area (Å²) in [7, 11) is 1.78. The van der Waals surface area contributed by atoms with Crippen molar-refractivity contribution in [2.45, 2.75) is 51.6 Å². The van der Waals surface area contributed by atoms with Crippen LogP contribution < -0.4 is 5.69 Å². The van der Waals surface area contributed by atoms with Crippen LogP contribution in [0.2, 0.25) is 0 Å². The highest BCUT2D eigenvalue weighted by atomic mass is 16.2. The number of carbonyl (C=O) groups is 1. The summed E-state index contributed by atoms with van der Waals surface area (Å²) in [5.41, 5.74) is 1.76. The van der Waals surface area contributed by atoms with E-state index in [-0.39, 0.29) is 11.6 Å². The molecule has 1 amide bonds. The van der Waals surface area contributed by atoms with E-state index < -0.39 is 0 Å². The third kappa shape index (κ3) is 2.92. The van der Waals surface area contributed by atoms with Crippen LogP contribution in [0.15, 0.2) is 29.1 Å². The van der Waals surface area contributed by atoms with Gasteiger partial charge in [-0.3, -0.25) is 13.9 Å². The number of imidazole rings is 1. The number of aromatic nitrogens is 2.